The van der Waals surface area contributed by atoms with E-state index in [0.29, 0.717) is 129 Å². The Balaban J connectivity index is 0.000000175. The quantitative estimate of drug-likeness (QED) is 0.0142. The molecule has 2 aliphatic carbocycles. The van der Waals surface area contributed by atoms with Crippen molar-refractivity contribution in [1.82, 2.24) is 29.6 Å². The smallest absolute Gasteiger partial charge is 0.344 e. The van der Waals surface area contributed by atoms with Gasteiger partial charge in [-0.05, 0) is 166 Å². The molecule has 4 aromatic carbocycles. The summed E-state index contributed by atoms with van der Waals surface area (Å²) in [6, 6.07) is 17.3. The molecule has 10 aliphatic heterocycles. The van der Waals surface area contributed by atoms with E-state index in [9.17, 15) is 29.4 Å². The van der Waals surface area contributed by atoms with E-state index in [4.69, 9.17) is 37.9 Å². The number of hydrogen-bond acceptors (Lipinski definition) is 24. The number of anilines is 2. The second-order valence-electron chi connectivity index (χ2n) is 37.1. The number of aromatic amines is 2. The van der Waals surface area contributed by atoms with Crippen molar-refractivity contribution in [2.75, 3.05) is 125 Å². The molecule has 2 aromatic heterocycles. The molecular weight excluding hydrogens is 1630 g/mol. The highest BCUT2D eigenvalue weighted by molar-refractivity contribution is 7.99. The van der Waals surface area contributed by atoms with E-state index in [1.807, 2.05) is 105 Å². The Kier molecular flexibility index (Phi) is 21.7. The van der Waals surface area contributed by atoms with Gasteiger partial charge in [0.2, 0.25) is 23.0 Å². The largest absolute Gasteiger partial charge is 0.496 e. The minimum absolute atomic E-state index is 0.140. The first-order valence-corrected chi connectivity index (χ1v) is 44.7. The van der Waals surface area contributed by atoms with Crippen LogP contribution in [0.25, 0.3) is 21.8 Å². The third-order valence-corrected chi connectivity index (χ3v) is 32.5. The van der Waals surface area contributed by atoms with E-state index < -0.39 is 127 Å². The summed E-state index contributed by atoms with van der Waals surface area (Å²) in [6.45, 7) is 15.1. The zero-order valence-electron chi connectivity index (χ0n) is 72.7. The number of thiol groups is 1. The summed E-state index contributed by atoms with van der Waals surface area (Å²) in [5.41, 5.74) is -2.44. The maximum absolute atomic E-state index is 15.5. The molecule has 0 amide bonds. The molecule has 24 nitrogen and oxygen atoms in total. The predicted octanol–water partition coefficient (Wildman–Crippen LogP) is 11.7. The number of carbonyl (C=O) groups excluding carboxylic acids is 6. The van der Waals surface area contributed by atoms with E-state index >= 15 is 27.2 Å². The summed E-state index contributed by atoms with van der Waals surface area (Å²) in [5.74, 6) is -10.6. The van der Waals surface area contributed by atoms with Crippen LogP contribution < -0.4 is 19.3 Å². The van der Waals surface area contributed by atoms with E-state index in [1.165, 1.54) is 49.4 Å². The number of hydrogen-bond donors (Lipinski definition) is 5. The molecule has 2 spiro atoms. The number of thioether (sulfide) groups is 1. The van der Waals surface area contributed by atoms with Crippen molar-refractivity contribution in [2.24, 2.45) is 34.5 Å². The molecule has 12 aliphatic rings. The molecule has 0 radical (unpaired) electrons. The lowest BCUT2D eigenvalue weighted by molar-refractivity contribution is -0.229. The molecule has 6 fully saturated rings. The van der Waals surface area contributed by atoms with Crippen LogP contribution in [-0.4, -0.2) is 250 Å². The van der Waals surface area contributed by atoms with Crippen molar-refractivity contribution < 1.29 is 94.4 Å². The summed E-state index contributed by atoms with van der Waals surface area (Å²) in [7, 11) is 11.9. The number of halogens is 4. The van der Waals surface area contributed by atoms with E-state index in [-0.39, 0.29) is 62.7 Å². The second kappa shape index (κ2) is 30.7. The third-order valence-electron chi connectivity index (χ3n) is 31.3. The first kappa shape index (κ1) is 86.7. The highest BCUT2D eigenvalue weighted by Crippen LogP contribution is 2.71. The highest BCUT2D eigenvalue weighted by Gasteiger charge is 2.83. The van der Waals surface area contributed by atoms with Crippen LogP contribution in [0.3, 0.4) is 0 Å². The monoisotopic (exact) mass is 1740 g/mol. The van der Waals surface area contributed by atoms with Crippen LogP contribution in [0.4, 0.5) is 28.9 Å². The molecule has 4 saturated heterocycles. The fourth-order valence-electron chi connectivity index (χ4n) is 26.9. The van der Waals surface area contributed by atoms with E-state index in [0.717, 1.165) is 74.1 Å². The van der Waals surface area contributed by atoms with Gasteiger partial charge in [-0.15, -0.1) is 11.8 Å². The Morgan fingerprint density at radius 1 is 0.553 bits per heavy atom. The molecular formula is C93H114F4N8O16S2. The van der Waals surface area contributed by atoms with Gasteiger partial charge in [0.25, 0.3) is 0 Å². The first-order valence-electron chi connectivity index (χ1n) is 43.1. The maximum atomic E-state index is 15.5. The Hall–Kier alpha value is -8.36. The molecule has 18 rings (SSSR count). The standard InChI is InChI=1S/C47H58F2N4O8S.C46H56F2N4O8S/c1-9-44-14-11-16-53-17-15-45(38(44)53)32-20-33(36(58-6)21-35(32)51(5)39(45)47(57,42(56)60-8)40(44)61-26(3)54)46(41(55)59-7)22-27-18-28(43(4,48)49)24-52(23-27)25-31-30-19-29(62-10-2)12-13-34(30)50-37(31)46;1-8-43-12-9-14-52-15-13-44(37(43)52)31-18-32(35(57-5)19-34(31)50(4)38(44)46(56,41(55)59-7)39(43)60-25(2)53)45(40(54)58-6)20-27-16-28(42(3,47)48)22-51(21-27)23-30-29-17-26(24-61)10-11-33(29)49-36(30)45/h11-14,19-21,27-28,38-40,50,57H,9-10,15-18,22-25H2,1-8H3;9-12,17-19,27-28,37-39,49,56,61H,8,13-16,20-24H2,1-7H3/t27-,28?,38+,39-,40-,44-,45-,46+,47+;27-,28?,37+,38-,39-,43-,44-,45+,46+/m11/s1. The highest BCUT2D eigenvalue weighted by atomic mass is 32.2. The molecule has 20 atom stereocenters. The molecule has 123 heavy (non-hydrogen) atoms. The summed E-state index contributed by atoms with van der Waals surface area (Å²) < 4.78 is 109. The number of likely N-dealkylation sites (N-methyl/N-ethyl adjacent to an activating group) is 2. The Morgan fingerprint density at radius 2 is 0.967 bits per heavy atom. The van der Waals surface area contributed by atoms with Crippen molar-refractivity contribution in [2.45, 2.75) is 205 Å². The van der Waals surface area contributed by atoms with E-state index in [1.54, 1.807) is 18.9 Å². The first-order chi connectivity index (χ1) is 58.5. The Morgan fingerprint density at radius 3 is 1.34 bits per heavy atom. The molecule has 30 heteroatoms. The maximum Gasteiger partial charge on any atom is 0.344 e. The van der Waals surface area contributed by atoms with Gasteiger partial charge in [0.15, 0.2) is 12.2 Å². The Bertz CT molecular complexity index is 5360. The number of esters is 6. The van der Waals surface area contributed by atoms with Crippen molar-refractivity contribution in [3.8, 4) is 11.5 Å². The molecule has 12 heterocycles. The van der Waals surface area contributed by atoms with Crippen molar-refractivity contribution >= 4 is 93.4 Å². The van der Waals surface area contributed by atoms with Gasteiger partial charge >= 0.3 is 35.8 Å². The predicted molar refractivity (Wildman–Crippen MR) is 458 cm³/mol. The van der Waals surface area contributed by atoms with Crippen molar-refractivity contribution in [1.29, 1.82) is 0 Å². The normalized spacial score (nSPS) is 34.8. The number of carbonyl (C=O) groups is 6. The molecule has 6 aromatic rings. The molecule has 662 valence electrons. The zero-order valence-corrected chi connectivity index (χ0v) is 74.4. The summed E-state index contributed by atoms with van der Waals surface area (Å²) in [4.78, 5) is 107. The van der Waals surface area contributed by atoms with Crippen LogP contribution >= 0.6 is 24.4 Å². The lowest BCUT2D eigenvalue weighted by Crippen LogP contribution is -2.81. The fraction of sp³-hybridized carbons (Fsp3) is 0.591. The number of aliphatic hydroxyl groups is 2. The number of piperidine rings is 2. The van der Waals surface area contributed by atoms with Gasteiger partial charge in [-0.25, -0.2) is 27.2 Å². The number of nitrogens with one attached hydrogen (secondary N) is 2. The lowest BCUT2D eigenvalue weighted by atomic mass is 9.47. The summed E-state index contributed by atoms with van der Waals surface area (Å²) in [5, 5.41) is 28.4. The van der Waals surface area contributed by atoms with Gasteiger partial charge in [0, 0.05) is 204 Å². The van der Waals surface area contributed by atoms with Crippen LogP contribution in [0.1, 0.15) is 150 Å². The minimum atomic E-state index is -2.95. The summed E-state index contributed by atoms with van der Waals surface area (Å²) >= 11 is 6.27. The second-order valence-corrected chi connectivity index (χ2v) is 38.8. The molecule has 4 bridgehead atoms. The van der Waals surface area contributed by atoms with Crippen molar-refractivity contribution in [3.63, 3.8) is 0 Å². The van der Waals surface area contributed by atoms with Crippen LogP contribution in [0.2, 0.25) is 0 Å². The van der Waals surface area contributed by atoms with Crippen LogP contribution in [-0.2, 0) is 97.7 Å². The van der Waals surface area contributed by atoms with Gasteiger partial charge in [0.1, 0.15) is 22.3 Å². The number of methoxy groups -OCH3 is 6. The lowest BCUT2D eigenvalue weighted by Gasteiger charge is -2.63. The molecule has 2 saturated carbocycles. The number of alkyl halides is 4. The number of aromatic nitrogens is 2. The average molecular weight is 1740 g/mol. The SMILES string of the molecule is CCSc1ccc2[nH]c3c(c2c1)CN1CC(C(C)(F)F)C[C@@H](C1)C[C@]3(C(=O)OC)c1cc2c(cc1OC)N(C)[C@H]1[C@@](O)(C(=O)OC)[C@H](OC(C)=O)[C@]3(CC)C=CCN4CC[C@]21[C@@H]43.CC[C@]12C=CCN3CC[C@@]4(c5cc([C@@]6(C(=O)OC)C[C@H]7CC(C(C)(F)F)CN(Cc8c6[nH]c6ccc(CS)cc86)C7)c(OC)cc5N(C)[C@H]4[C@@](O)(C(=O)OC)[C@@H]1OC(C)=O)[C@@H]32. The van der Waals surface area contributed by atoms with Gasteiger partial charge in [0.05, 0.1) is 54.7 Å². The molecule has 4 unspecified atom stereocenters. The number of ether oxygens (including phenoxy) is 8. The van der Waals surface area contributed by atoms with Gasteiger partial charge in [-0.2, -0.15) is 12.6 Å². The van der Waals surface area contributed by atoms with Crippen LogP contribution in [0.15, 0.2) is 89.9 Å². The number of fused-ring (bicyclic) bond motifs is 12. The number of nitrogens with zero attached hydrogens (tertiary/aromatic N) is 6. The van der Waals surface area contributed by atoms with Gasteiger partial charge < -0.3 is 67.9 Å². The van der Waals surface area contributed by atoms with Gasteiger partial charge in [-0.3, -0.25) is 38.8 Å². The third kappa shape index (κ3) is 12.2. The number of rotatable bonds is 17. The van der Waals surface area contributed by atoms with Gasteiger partial charge in [-0.1, -0.05) is 51.1 Å². The zero-order chi connectivity index (χ0) is 87.9. The molecule has 4 N–H and O–H groups in total. The average Bonchev–Trinajstić information content (AvgIpc) is 1.48. The fourth-order valence-corrected chi connectivity index (χ4v) is 27.8. The minimum Gasteiger partial charge on any atom is -0.496 e. The topological polar surface area (TPSA) is 268 Å². The van der Waals surface area contributed by atoms with Crippen LogP contribution in [0, 0.1) is 34.5 Å². The van der Waals surface area contributed by atoms with E-state index in [2.05, 4.69) is 67.3 Å². The number of H-pyrrole nitrogens is 2. The summed E-state index contributed by atoms with van der Waals surface area (Å²) in [6.07, 6.45) is 8.02. The Labute approximate surface area is 724 Å². The van der Waals surface area contributed by atoms with Crippen LogP contribution in [0.5, 0.6) is 11.5 Å². The van der Waals surface area contributed by atoms with Crippen molar-refractivity contribution in [3.05, 3.63) is 135 Å². The number of benzene rings is 4.